The van der Waals surface area contributed by atoms with Crippen LogP contribution in [0.4, 0.5) is 0 Å². The van der Waals surface area contributed by atoms with E-state index in [4.69, 9.17) is 0 Å². The fourth-order valence-electron chi connectivity index (χ4n) is 2.69. The third kappa shape index (κ3) is 7.31. The van der Waals surface area contributed by atoms with Gasteiger partial charge in [0.15, 0.2) is 0 Å². The van der Waals surface area contributed by atoms with Gasteiger partial charge in [0, 0.05) is 38.0 Å². The maximum absolute atomic E-state index is 11.6. The second-order valence-electron chi connectivity index (χ2n) is 6.51. The summed E-state index contributed by atoms with van der Waals surface area (Å²) in [5.41, 5.74) is 3.80. The van der Waals surface area contributed by atoms with Gasteiger partial charge >= 0.3 is 0 Å². The maximum Gasteiger partial charge on any atom is 0.269 e. The molecule has 0 saturated heterocycles. The largest absolute Gasteiger partial charge is 0.354 e. The van der Waals surface area contributed by atoms with Crippen LogP contribution >= 0.6 is 0 Å². The molecular formula is C22H27N5O2. The van der Waals surface area contributed by atoms with Gasteiger partial charge in [-0.1, -0.05) is 30.3 Å². The number of likely N-dealkylation sites (N-methyl/N-ethyl adjacent to an activating group) is 1. The monoisotopic (exact) mass is 393 g/mol. The minimum Gasteiger partial charge on any atom is -0.354 e. The first kappa shape index (κ1) is 22.0. The number of amides is 1. The Hall–Kier alpha value is -3.32. The molecule has 0 spiro atoms. The normalized spacial score (nSPS) is 10.0. The molecule has 2 heterocycles. The van der Waals surface area contributed by atoms with Crippen LogP contribution < -0.4 is 10.6 Å². The Labute approximate surface area is 171 Å². The Morgan fingerprint density at radius 1 is 1.14 bits per heavy atom. The van der Waals surface area contributed by atoms with Crippen LogP contribution in [0.3, 0.4) is 0 Å². The number of hydrogen-bond acceptors (Lipinski definition) is 5. The predicted octanol–water partition coefficient (Wildman–Crippen LogP) is 2.03. The Balaban J connectivity index is 0.000000253. The Kier molecular flexibility index (Phi) is 8.72. The molecule has 0 saturated carbocycles. The molecule has 2 aromatic heterocycles. The molecule has 29 heavy (non-hydrogen) atoms. The first-order chi connectivity index (χ1) is 14.0. The number of benzene rings is 1. The standard InChI is InChI=1S/C15H14N2O2.C7H13N3/c1-16-15(19)14-9-12(10-18)8-13(17-14)7-11-5-3-2-4-6-11;1-8-4-3-7-5-9-10(2)6-7/h2-6,8-10H,7H2,1H3,(H,16,19);5-6,8H,3-4H2,1-2H3. The molecule has 1 amide bonds. The molecule has 3 rings (SSSR count). The van der Waals surface area contributed by atoms with E-state index in [0.717, 1.165) is 24.8 Å². The quantitative estimate of drug-likeness (QED) is 0.600. The number of aldehydes is 1. The zero-order valence-corrected chi connectivity index (χ0v) is 17.1. The van der Waals surface area contributed by atoms with Crippen molar-refractivity contribution in [2.45, 2.75) is 12.8 Å². The summed E-state index contributed by atoms with van der Waals surface area (Å²) < 4.78 is 1.82. The summed E-state index contributed by atoms with van der Waals surface area (Å²) in [7, 11) is 5.42. The fraction of sp³-hybridized carbons (Fsp3) is 0.273. The van der Waals surface area contributed by atoms with Gasteiger partial charge in [0.05, 0.1) is 6.20 Å². The number of aryl methyl sites for hydroxylation is 1. The lowest BCUT2D eigenvalue weighted by atomic mass is 10.1. The van der Waals surface area contributed by atoms with Gasteiger partial charge in [0.2, 0.25) is 0 Å². The van der Waals surface area contributed by atoms with Crippen LogP contribution in [0.5, 0.6) is 0 Å². The summed E-state index contributed by atoms with van der Waals surface area (Å²) in [6.07, 6.45) is 6.31. The van der Waals surface area contributed by atoms with Crippen molar-refractivity contribution < 1.29 is 9.59 Å². The topological polar surface area (TPSA) is 88.9 Å². The van der Waals surface area contributed by atoms with Crippen molar-refractivity contribution in [2.75, 3.05) is 20.6 Å². The lowest BCUT2D eigenvalue weighted by molar-refractivity contribution is 0.0958. The lowest BCUT2D eigenvalue weighted by Gasteiger charge is -2.05. The average molecular weight is 393 g/mol. The fourth-order valence-corrected chi connectivity index (χ4v) is 2.69. The summed E-state index contributed by atoms with van der Waals surface area (Å²) >= 11 is 0. The Morgan fingerprint density at radius 2 is 1.90 bits per heavy atom. The number of rotatable bonds is 7. The Bertz CT molecular complexity index is 922. The maximum atomic E-state index is 11.6. The van der Waals surface area contributed by atoms with E-state index in [1.54, 1.807) is 6.07 Å². The molecule has 3 aromatic rings. The minimum absolute atomic E-state index is 0.262. The number of nitrogens with zero attached hydrogens (tertiary/aromatic N) is 3. The smallest absolute Gasteiger partial charge is 0.269 e. The summed E-state index contributed by atoms with van der Waals surface area (Å²) in [6.45, 7) is 1.02. The third-order valence-electron chi connectivity index (χ3n) is 4.15. The lowest BCUT2D eigenvalue weighted by Crippen LogP contribution is -2.20. The number of hydrogen-bond donors (Lipinski definition) is 2. The molecule has 7 nitrogen and oxygen atoms in total. The Morgan fingerprint density at radius 3 is 2.48 bits per heavy atom. The van der Waals surface area contributed by atoms with E-state index < -0.39 is 0 Å². The van der Waals surface area contributed by atoms with Gasteiger partial charge in [0.25, 0.3) is 5.91 Å². The summed E-state index contributed by atoms with van der Waals surface area (Å²) in [5.74, 6) is -0.294. The summed E-state index contributed by atoms with van der Waals surface area (Å²) in [4.78, 5) is 26.8. The average Bonchev–Trinajstić information content (AvgIpc) is 3.17. The number of carbonyl (C=O) groups excluding carboxylic acids is 2. The molecule has 0 fully saturated rings. The molecule has 0 bridgehead atoms. The first-order valence-electron chi connectivity index (χ1n) is 9.40. The van der Waals surface area contributed by atoms with Crippen LogP contribution in [0.2, 0.25) is 0 Å². The zero-order valence-electron chi connectivity index (χ0n) is 17.1. The van der Waals surface area contributed by atoms with Crippen molar-refractivity contribution in [2.24, 2.45) is 7.05 Å². The predicted molar refractivity (Wildman–Crippen MR) is 113 cm³/mol. The van der Waals surface area contributed by atoms with Crippen molar-refractivity contribution >= 4 is 12.2 Å². The molecule has 1 aromatic carbocycles. The number of aromatic nitrogens is 3. The second kappa shape index (κ2) is 11.5. The van der Waals surface area contributed by atoms with E-state index in [2.05, 4.69) is 20.7 Å². The van der Waals surface area contributed by atoms with Crippen LogP contribution in [-0.2, 0) is 19.9 Å². The summed E-state index contributed by atoms with van der Waals surface area (Å²) in [6, 6.07) is 13.0. The van der Waals surface area contributed by atoms with Gasteiger partial charge in [-0.05, 0) is 43.3 Å². The number of carbonyl (C=O) groups is 2. The van der Waals surface area contributed by atoms with E-state index in [1.807, 2.05) is 61.5 Å². The van der Waals surface area contributed by atoms with Crippen LogP contribution in [0.25, 0.3) is 0 Å². The van der Waals surface area contributed by atoms with Gasteiger partial charge in [-0.3, -0.25) is 14.3 Å². The highest BCUT2D eigenvalue weighted by Crippen LogP contribution is 2.10. The molecule has 152 valence electrons. The van der Waals surface area contributed by atoms with Gasteiger partial charge in [-0.15, -0.1) is 0 Å². The van der Waals surface area contributed by atoms with Gasteiger partial charge < -0.3 is 10.6 Å². The van der Waals surface area contributed by atoms with Crippen LogP contribution in [0.15, 0.2) is 54.9 Å². The minimum atomic E-state index is -0.294. The molecule has 0 radical (unpaired) electrons. The second-order valence-corrected chi connectivity index (χ2v) is 6.51. The first-order valence-corrected chi connectivity index (χ1v) is 9.40. The molecule has 7 heteroatoms. The van der Waals surface area contributed by atoms with Crippen LogP contribution in [0, 0.1) is 0 Å². The highest BCUT2D eigenvalue weighted by molar-refractivity contribution is 5.93. The number of nitrogens with one attached hydrogen (secondary N) is 2. The number of pyridine rings is 1. The third-order valence-corrected chi connectivity index (χ3v) is 4.15. The van der Waals surface area contributed by atoms with Crippen molar-refractivity contribution in [3.8, 4) is 0 Å². The van der Waals surface area contributed by atoms with Gasteiger partial charge in [0.1, 0.15) is 12.0 Å². The molecular weight excluding hydrogens is 366 g/mol. The molecule has 0 unspecified atom stereocenters. The highest BCUT2D eigenvalue weighted by atomic mass is 16.1. The van der Waals surface area contributed by atoms with Crippen molar-refractivity contribution in [3.05, 3.63) is 82.9 Å². The van der Waals surface area contributed by atoms with Crippen molar-refractivity contribution in [1.29, 1.82) is 0 Å². The van der Waals surface area contributed by atoms with Crippen LogP contribution in [0.1, 0.15) is 37.7 Å². The van der Waals surface area contributed by atoms with E-state index in [1.165, 1.54) is 18.7 Å². The van der Waals surface area contributed by atoms with Gasteiger partial charge in [-0.2, -0.15) is 5.10 Å². The SMILES string of the molecule is CNC(=O)c1cc(C=O)cc(Cc2ccccc2)n1.CNCCc1cnn(C)c1. The van der Waals surface area contributed by atoms with Crippen molar-refractivity contribution in [1.82, 2.24) is 25.4 Å². The molecule has 0 aliphatic rings. The van der Waals surface area contributed by atoms with E-state index in [-0.39, 0.29) is 11.6 Å². The molecule has 0 aliphatic heterocycles. The van der Waals surface area contributed by atoms with E-state index >= 15 is 0 Å². The van der Waals surface area contributed by atoms with Gasteiger partial charge in [-0.25, -0.2) is 4.98 Å². The van der Waals surface area contributed by atoms with E-state index in [9.17, 15) is 9.59 Å². The summed E-state index contributed by atoms with van der Waals surface area (Å²) in [5, 5.41) is 9.65. The molecule has 0 atom stereocenters. The zero-order chi connectivity index (χ0) is 21.1. The molecule has 2 N–H and O–H groups in total. The molecule has 0 aliphatic carbocycles. The highest BCUT2D eigenvalue weighted by Gasteiger charge is 2.09. The van der Waals surface area contributed by atoms with Crippen molar-refractivity contribution in [3.63, 3.8) is 0 Å². The van der Waals surface area contributed by atoms with Crippen LogP contribution in [-0.4, -0.2) is 47.6 Å². The van der Waals surface area contributed by atoms with E-state index in [0.29, 0.717) is 17.7 Å².